The smallest absolute Gasteiger partial charge is 0.313 e. The highest BCUT2D eigenvalue weighted by Crippen LogP contribution is 2.44. The average Bonchev–Trinajstić information content (AvgIpc) is 3.09. The van der Waals surface area contributed by atoms with Crippen LogP contribution < -0.4 is 10.9 Å². The lowest BCUT2D eigenvalue weighted by Crippen LogP contribution is -2.33. The van der Waals surface area contributed by atoms with Gasteiger partial charge in [-0.3, -0.25) is 29.6 Å². The summed E-state index contributed by atoms with van der Waals surface area (Å²) in [5.74, 6) is -1.53. The molecule has 12 nitrogen and oxygen atoms in total. The molecular formula is C26H29N5O7. The molecule has 3 aliphatic rings. The van der Waals surface area contributed by atoms with Gasteiger partial charge in [0.05, 0.1) is 47.4 Å². The Bertz CT molecular complexity index is 1450. The summed E-state index contributed by atoms with van der Waals surface area (Å²) in [6.45, 7) is 8.01. The van der Waals surface area contributed by atoms with Crippen molar-refractivity contribution in [1.82, 2.24) is 14.9 Å². The molecule has 5 heterocycles. The van der Waals surface area contributed by atoms with Gasteiger partial charge >= 0.3 is 5.97 Å². The Balaban J connectivity index is 0.000000321. The van der Waals surface area contributed by atoms with Crippen molar-refractivity contribution in [3.8, 4) is 11.4 Å². The largest absolute Gasteiger partial charge is 0.460 e. The Hall–Kier alpha value is -4.00. The molecule has 1 aromatic carbocycles. The molecule has 0 radical (unpaired) electrons. The van der Waals surface area contributed by atoms with E-state index in [2.05, 4.69) is 10.3 Å². The number of nitro groups is 1. The number of hydrogen-bond donors (Lipinski definition) is 2. The first-order valence-corrected chi connectivity index (χ1v) is 12.3. The molecule has 200 valence electrons. The number of esters is 1. The first-order valence-electron chi connectivity index (χ1n) is 12.3. The number of benzene rings is 1. The fourth-order valence-corrected chi connectivity index (χ4v) is 4.75. The maximum Gasteiger partial charge on any atom is 0.313 e. The Morgan fingerprint density at radius 2 is 1.97 bits per heavy atom. The normalized spacial score (nSPS) is 17.3. The summed E-state index contributed by atoms with van der Waals surface area (Å²) in [5.41, 5.74) is 1.62. The number of para-hydroxylation sites is 1. The van der Waals surface area contributed by atoms with Gasteiger partial charge in [0.2, 0.25) is 0 Å². The van der Waals surface area contributed by atoms with Crippen LogP contribution in [0.25, 0.3) is 22.3 Å². The van der Waals surface area contributed by atoms with Gasteiger partial charge in [-0.15, -0.1) is 0 Å². The van der Waals surface area contributed by atoms with Gasteiger partial charge in [0, 0.05) is 29.3 Å². The molecule has 1 saturated heterocycles. The number of rotatable bonds is 2. The highest BCUT2D eigenvalue weighted by atomic mass is 16.7. The molecule has 3 aromatic rings. The molecule has 0 amide bonds. The average molecular weight is 524 g/mol. The molecule has 0 bridgehead atoms. The van der Waals surface area contributed by atoms with Crippen molar-refractivity contribution in [1.29, 1.82) is 5.41 Å². The number of hydrogen-bond acceptors (Lipinski definition) is 10. The summed E-state index contributed by atoms with van der Waals surface area (Å²) in [5, 5.41) is 23.7. The fourth-order valence-electron chi connectivity index (χ4n) is 4.75. The minimum atomic E-state index is -0.926. The molecule has 0 spiro atoms. The minimum absolute atomic E-state index is 0.0719. The van der Waals surface area contributed by atoms with E-state index in [1.165, 1.54) is 17.7 Å². The van der Waals surface area contributed by atoms with E-state index in [1.807, 2.05) is 26.0 Å². The van der Waals surface area contributed by atoms with E-state index in [-0.39, 0.29) is 35.7 Å². The van der Waals surface area contributed by atoms with E-state index in [0.717, 1.165) is 18.5 Å². The van der Waals surface area contributed by atoms with Crippen molar-refractivity contribution < 1.29 is 23.9 Å². The van der Waals surface area contributed by atoms with Gasteiger partial charge in [-0.05, 0) is 13.0 Å². The summed E-state index contributed by atoms with van der Waals surface area (Å²) >= 11 is 0. The van der Waals surface area contributed by atoms with E-state index >= 15 is 0 Å². The number of carbonyl (C=O) groups is 1. The third kappa shape index (κ3) is 4.69. The first-order chi connectivity index (χ1) is 18.4. The van der Waals surface area contributed by atoms with Crippen molar-refractivity contribution in [3.05, 3.63) is 67.0 Å². The molecule has 2 aromatic heterocycles. The highest BCUT2D eigenvalue weighted by molar-refractivity contribution is 6.02. The van der Waals surface area contributed by atoms with E-state index in [4.69, 9.17) is 19.6 Å². The minimum Gasteiger partial charge on any atom is -0.460 e. The second-order valence-corrected chi connectivity index (χ2v) is 8.46. The zero-order valence-electron chi connectivity index (χ0n) is 21.4. The lowest BCUT2D eigenvalue weighted by molar-refractivity contribution is -0.385. The maximum absolute atomic E-state index is 13.2. The molecule has 38 heavy (non-hydrogen) atoms. The van der Waals surface area contributed by atoms with Gasteiger partial charge in [-0.2, -0.15) is 0 Å². The molecule has 1 unspecified atom stereocenters. The summed E-state index contributed by atoms with van der Waals surface area (Å²) in [4.78, 5) is 41.4. The van der Waals surface area contributed by atoms with Crippen LogP contribution in [0.3, 0.4) is 0 Å². The molecule has 0 aliphatic carbocycles. The number of aromatic nitrogens is 2. The lowest BCUT2D eigenvalue weighted by Gasteiger charge is -2.22. The van der Waals surface area contributed by atoms with Crippen LogP contribution in [0.2, 0.25) is 0 Å². The summed E-state index contributed by atoms with van der Waals surface area (Å²) < 4.78 is 16.1. The standard InChI is InChI=1S/C20H14N4O5.C4H9NO2.C2H6/c1-9-15-13(8-29-20(9)26)19(25)23-7-12-11(6-21)10-4-2-3-5-14(10)22-16(12)18(23)17(15)24(27)28;1-2-6-4-7-3-5-1;1-2/h2-6,9,21H,7-8H2,1H3;5H,1-4H2;1-2H3. The van der Waals surface area contributed by atoms with Gasteiger partial charge in [0.15, 0.2) is 0 Å². The third-order valence-corrected chi connectivity index (χ3v) is 6.42. The van der Waals surface area contributed by atoms with Crippen LogP contribution in [-0.2, 0) is 32.2 Å². The van der Waals surface area contributed by atoms with E-state index in [9.17, 15) is 19.7 Å². The highest BCUT2D eigenvalue weighted by Gasteiger charge is 2.42. The topological polar surface area (TPSA) is 159 Å². The van der Waals surface area contributed by atoms with Crippen LogP contribution >= 0.6 is 0 Å². The second kappa shape index (κ2) is 11.6. The molecule has 12 heteroatoms. The van der Waals surface area contributed by atoms with Crippen molar-refractivity contribution in [2.75, 3.05) is 26.7 Å². The SMILES string of the molecule is C1COCOCN1.CC.CC1C(=O)OCc2c1c([N+](=O)[O-])c1n(c2=O)Cc2c-1nc1ccccc1c2C=N. The number of nitrogens with one attached hydrogen (secondary N) is 2. The van der Waals surface area contributed by atoms with E-state index < -0.39 is 22.4 Å². The number of fused-ring (bicyclic) bond motifs is 5. The quantitative estimate of drug-likeness (QED) is 0.174. The Kier molecular flexibility index (Phi) is 8.25. The fraction of sp³-hybridized carbons (Fsp3) is 0.385. The third-order valence-electron chi connectivity index (χ3n) is 6.42. The zero-order valence-corrected chi connectivity index (χ0v) is 21.4. The Labute approximate surface area is 218 Å². The van der Waals surface area contributed by atoms with Crippen LogP contribution in [0.4, 0.5) is 5.69 Å². The molecule has 6 rings (SSSR count). The van der Waals surface area contributed by atoms with Gasteiger partial charge in [-0.1, -0.05) is 32.0 Å². The molecule has 1 atom stereocenters. The predicted molar refractivity (Wildman–Crippen MR) is 139 cm³/mol. The van der Waals surface area contributed by atoms with Crippen LogP contribution in [-0.4, -0.2) is 53.3 Å². The molecule has 0 saturated carbocycles. The maximum atomic E-state index is 13.2. The second-order valence-electron chi connectivity index (χ2n) is 8.46. The van der Waals surface area contributed by atoms with Gasteiger partial charge < -0.3 is 19.6 Å². The Morgan fingerprint density at radius 1 is 1.21 bits per heavy atom. The summed E-state index contributed by atoms with van der Waals surface area (Å²) in [6, 6.07) is 7.19. The summed E-state index contributed by atoms with van der Waals surface area (Å²) in [6.07, 6.45) is 1.18. The van der Waals surface area contributed by atoms with Crippen molar-refractivity contribution in [2.24, 2.45) is 0 Å². The van der Waals surface area contributed by atoms with E-state index in [0.29, 0.717) is 35.9 Å². The molecule has 2 N–H and O–H groups in total. The van der Waals surface area contributed by atoms with Crippen LogP contribution in [0.1, 0.15) is 48.9 Å². The van der Waals surface area contributed by atoms with Crippen molar-refractivity contribution in [2.45, 2.75) is 39.8 Å². The number of pyridine rings is 2. The zero-order chi connectivity index (χ0) is 27.4. The number of cyclic esters (lactones) is 1. The van der Waals surface area contributed by atoms with Crippen LogP contribution in [0.5, 0.6) is 0 Å². The Morgan fingerprint density at radius 3 is 2.71 bits per heavy atom. The van der Waals surface area contributed by atoms with Crippen molar-refractivity contribution in [3.63, 3.8) is 0 Å². The molecule has 3 aliphatic heterocycles. The van der Waals surface area contributed by atoms with Gasteiger partial charge in [-0.25, -0.2) is 4.98 Å². The number of ether oxygens (including phenoxy) is 3. The summed E-state index contributed by atoms with van der Waals surface area (Å²) in [7, 11) is 0. The molecule has 1 fully saturated rings. The van der Waals surface area contributed by atoms with E-state index in [1.54, 1.807) is 12.1 Å². The van der Waals surface area contributed by atoms with Crippen molar-refractivity contribution >= 4 is 28.8 Å². The number of carbonyl (C=O) groups excluding carboxylic acids is 1. The predicted octanol–water partition coefficient (Wildman–Crippen LogP) is 3.06. The van der Waals surface area contributed by atoms with Gasteiger partial charge in [0.1, 0.15) is 24.8 Å². The van der Waals surface area contributed by atoms with Crippen LogP contribution in [0, 0.1) is 15.5 Å². The number of nitrogens with zero attached hydrogens (tertiary/aromatic N) is 3. The lowest BCUT2D eigenvalue weighted by atomic mass is 9.91. The first kappa shape index (κ1) is 27.0. The van der Waals surface area contributed by atoms with Crippen LogP contribution in [0.15, 0.2) is 29.1 Å². The molecular weight excluding hydrogens is 494 g/mol. The monoisotopic (exact) mass is 523 g/mol. The van der Waals surface area contributed by atoms with Gasteiger partial charge in [0.25, 0.3) is 11.2 Å².